The Kier molecular flexibility index (Phi) is 7.31. The van der Waals surface area contributed by atoms with Crippen LogP contribution in [0.1, 0.15) is 50.6 Å². The number of benzene rings is 1. The van der Waals surface area contributed by atoms with Gasteiger partial charge in [-0.25, -0.2) is 9.50 Å². The van der Waals surface area contributed by atoms with Crippen LogP contribution in [-0.2, 0) is 11.2 Å². The number of nitrogens with one attached hydrogen (secondary N) is 1. The number of unbranched alkanes of at least 4 members (excludes halogenated alkanes) is 1. The van der Waals surface area contributed by atoms with Crippen molar-refractivity contribution in [1.82, 2.24) is 19.6 Å². The van der Waals surface area contributed by atoms with E-state index in [1.807, 2.05) is 45.0 Å². The molecule has 0 fully saturated rings. The number of thioether (sulfide) groups is 1. The fourth-order valence-corrected chi connectivity index (χ4v) is 4.00. The molecular formula is C22H29N5O2S. The number of aromatic nitrogens is 4. The van der Waals surface area contributed by atoms with Gasteiger partial charge < -0.3 is 10.1 Å². The summed E-state index contributed by atoms with van der Waals surface area (Å²) in [6.07, 6.45) is 3.23. The normalized spacial score (nSPS) is 12.2. The predicted molar refractivity (Wildman–Crippen MR) is 120 cm³/mol. The molecule has 0 spiro atoms. The van der Waals surface area contributed by atoms with E-state index in [9.17, 15) is 4.79 Å². The maximum absolute atomic E-state index is 12.7. The topological polar surface area (TPSA) is 81.4 Å². The molecule has 2 heterocycles. The third kappa shape index (κ3) is 4.92. The second kappa shape index (κ2) is 9.93. The van der Waals surface area contributed by atoms with E-state index in [-0.39, 0.29) is 11.2 Å². The van der Waals surface area contributed by atoms with Crippen molar-refractivity contribution in [3.8, 4) is 5.75 Å². The molecule has 160 valence electrons. The van der Waals surface area contributed by atoms with Gasteiger partial charge in [0.15, 0.2) is 0 Å². The zero-order valence-corrected chi connectivity index (χ0v) is 19.0. The van der Waals surface area contributed by atoms with Gasteiger partial charge in [0.1, 0.15) is 5.75 Å². The quantitative estimate of drug-likeness (QED) is 0.503. The number of hydrogen-bond donors (Lipinski definition) is 1. The third-order valence-corrected chi connectivity index (χ3v) is 5.86. The highest BCUT2D eigenvalue weighted by molar-refractivity contribution is 8.00. The molecule has 1 amide bonds. The van der Waals surface area contributed by atoms with E-state index in [0.29, 0.717) is 29.0 Å². The van der Waals surface area contributed by atoms with Crippen LogP contribution in [0.25, 0.3) is 5.78 Å². The second-order valence-corrected chi connectivity index (χ2v) is 8.46. The minimum atomic E-state index is -0.377. The molecule has 1 atom stereocenters. The highest BCUT2D eigenvalue weighted by Gasteiger charge is 2.20. The summed E-state index contributed by atoms with van der Waals surface area (Å²) in [6, 6.07) is 7.42. The molecule has 30 heavy (non-hydrogen) atoms. The summed E-state index contributed by atoms with van der Waals surface area (Å²) in [5.74, 6) is 1.10. The average Bonchev–Trinajstić information content (AvgIpc) is 3.12. The van der Waals surface area contributed by atoms with Crippen LogP contribution >= 0.6 is 11.8 Å². The number of ether oxygens (including phenoxy) is 1. The van der Waals surface area contributed by atoms with Crippen molar-refractivity contribution in [2.75, 3.05) is 11.9 Å². The van der Waals surface area contributed by atoms with E-state index in [2.05, 4.69) is 34.2 Å². The number of para-hydroxylation sites is 2. The van der Waals surface area contributed by atoms with Crippen molar-refractivity contribution in [2.45, 2.75) is 64.3 Å². The van der Waals surface area contributed by atoms with Gasteiger partial charge in [0.25, 0.3) is 5.78 Å². The molecular weight excluding hydrogens is 398 g/mol. The summed E-state index contributed by atoms with van der Waals surface area (Å²) >= 11 is 1.32. The minimum Gasteiger partial charge on any atom is -0.492 e. The number of carbonyl (C=O) groups excluding carboxylic acids is 1. The van der Waals surface area contributed by atoms with Crippen LogP contribution in [0.3, 0.4) is 0 Å². The maximum Gasteiger partial charge on any atom is 0.253 e. The van der Waals surface area contributed by atoms with E-state index < -0.39 is 0 Å². The molecule has 8 heteroatoms. The summed E-state index contributed by atoms with van der Waals surface area (Å²) in [7, 11) is 0. The largest absolute Gasteiger partial charge is 0.492 e. The zero-order chi connectivity index (χ0) is 21.7. The first-order valence-corrected chi connectivity index (χ1v) is 11.2. The molecule has 0 saturated heterocycles. The number of rotatable bonds is 9. The van der Waals surface area contributed by atoms with Crippen molar-refractivity contribution in [1.29, 1.82) is 0 Å². The summed E-state index contributed by atoms with van der Waals surface area (Å²) in [5.41, 5.74) is 3.95. The van der Waals surface area contributed by atoms with Gasteiger partial charge in [-0.2, -0.15) is 4.98 Å². The molecule has 0 radical (unpaired) electrons. The van der Waals surface area contributed by atoms with E-state index in [0.717, 1.165) is 30.7 Å². The Hall–Kier alpha value is -2.61. The highest BCUT2D eigenvalue weighted by atomic mass is 32.2. The number of anilines is 1. The van der Waals surface area contributed by atoms with E-state index >= 15 is 0 Å². The minimum absolute atomic E-state index is 0.129. The van der Waals surface area contributed by atoms with Crippen LogP contribution in [0.2, 0.25) is 0 Å². The SMILES string of the molecule is CCCCc1c(C)nc2nc(SC(C)C(=O)Nc3ccccc3OCC)nn2c1C. The molecule has 3 aromatic rings. The van der Waals surface area contributed by atoms with Gasteiger partial charge in [-0.3, -0.25) is 4.79 Å². The van der Waals surface area contributed by atoms with Crippen LogP contribution in [0.5, 0.6) is 5.75 Å². The van der Waals surface area contributed by atoms with Gasteiger partial charge in [-0.15, -0.1) is 5.10 Å². The lowest BCUT2D eigenvalue weighted by atomic mass is 10.1. The third-order valence-electron chi connectivity index (χ3n) is 4.91. The molecule has 1 N–H and O–H groups in total. The van der Waals surface area contributed by atoms with Crippen LogP contribution in [0.15, 0.2) is 29.4 Å². The van der Waals surface area contributed by atoms with Crippen LogP contribution in [0.4, 0.5) is 5.69 Å². The lowest BCUT2D eigenvalue weighted by Gasteiger charge is -2.13. The van der Waals surface area contributed by atoms with Gasteiger partial charge >= 0.3 is 0 Å². The molecule has 0 aliphatic carbocycles. The summed E-state index contributed by atoms with van der Waals surface area (Å²) in [4.78, 5) is 21.9. The van der Waals surface area contributed by atoms with Crippen molar-refractivity contribution in [3.05, 3.63) is 41.2 Å². The Morgan fingerprint density at radius 3 is 2.73 bits per heavy atom. The number of carbonyl (C=O) groups is 1. The van der Waals surface area contributed by atoms with Crippen molar-refractivity contribution < 1.29 is 9.53 Å². The number of nitrogens with zero attached hydrogens (tertiary/aromatic N) is 4. The Bertz CT molecular complexity index is 1030. The number of hydrogen-bond acceptors (Lipinski definition) is 6. The summed E-state index contributed by atoms with van der Waals surface area (Å²) < 4.78 is 7.37. The van der Waals surface area contributed by atoms with Crippen molar-refractivity contribution in [2.24, 2.45) is 0 Å². The van der Waals surface area contributed by atoms with E-state index in [1.165, 1.54) is 17.3 Å². The zero-order valence-electron chi connectivity index (χ0n) is 18.2. The molecule has 3 rings (SSSR count). The molecule has 0 bridgehead atoms. The first kappa shape index (κ1) is 22.1. The molecule has 1 unspecified atom stereocenters. The molecule has 1 aromatic carbocycles. The highest BCUT2D eigenvalue weighted by Crippen LogP contribution is 2.27. The van der Waals surface area contributed by atoms with E-state index in [1.54, 1.807) is 4.52 Å². The lowest BCUT2D eigenvalue weighted by Crippen LogP contribution is -2.23. The predicted octanol–water partition coefficient (Wildman–Crippen LogP) is 4.60. The standard InChI is InChI=1S/C22H29N5O2S/c1-6-8-11-17-14(3)23-21-25-22(26-27(21)15(17)4)30-16(5)20(28)24-18-12-9-10-13-19(18)29-7-2/h9-10,12-13,16H,6-8,11H2,1-5H3,(H,24,28). The van der Waals surface area contributed by atoms with Crippen LogP contribution < -0.4 is 10.1 Å². The second-order valence-electron chi connectivity index (χ2n) is 7.15. The number of fused-ring (bicyclic) bond motifs is 1. The molecule has 7 nitrogen and oxygen atoms in total. The van der Waals surface area contributed by atoms with Gasteiger partial charge in [-0.1, -0.05) is 37.2 Å². The van der Waals surface area contributed by atoms with Gasteiger partial charge in [-0.05, 0) is 58.2 Å². The van der Waals surface area contributed by atoms with Gasteiger partial charge in [0, 0.05) is 11.4 Å². The smallest absolute Gasteiger partial charge is 0.253 e. The average molecular weight is 428 g/mol. The fraction of sp³-hybridized carbons (Fsp3) is 0.455. The first-order valence-electron chi connectivity index (χ1n) is 10.4. The van der Waals surface area contributed by atoms with Crippen LogP contribution in [0, 0.1) is 13.8 Å². The monoisotopic (exact) mass is 427 g/mol. The Labute approximate surface area is 181 Å². The van der Waals surface area contributed by atoms with Gasteiger partial charge in [0.2, 0.25) is 11.1 Å². The molecule has 0 saturated carbocycles. The van der Waals surface area contributed by atoms with Crippen LogP contribution in [-0.4, -0.2) is 37.3 Å². The van der Waals surface area contributed by atoms with Crippen molar-refractivity contribution in [3.63, 3.8) is 0 Å². The fourth-order valence-electron chi connectivity index (χ4n) is 3.25. The Morgan fingerprint density at radius 2 is 2.00 bits per heavy atom. The number of aryl methyl sites for hydroxylation is 2. The summed E-state index contributed by atoms with van der Waals surface area (Å²) in [6.45, 7) is 10.5. The number of amides is 1. The Balaban J connectivity index is 1.75. The molecule has 2 aromatic heterocycles. The summed E-state index contributed by atoms with van der Waals surface area (Å²) in [5, 5.41) is 7.70. The molecule has 0 aliphatic heterocycles. The van der Waals surface area contributed by atoms with Crippen molar-refractivity contribution >= 4 is 29.1 Å². The lowest BCUT2D eigenvalue weighted by molar-refractivity contribution is -0.115. The molecule has 0 aliphatic rings. The first-order chi connectivity index (χ1) is 14.4. The maximum atomic E-state index is 12.7. The Morgan fingerprint density at radius 1 is 1.23 bits per heavy atom. The van der Waals surface area contributed by atoms with Gasteiger partial charge in [0.05, 0.1) is 17.5 Å². The van der Waals surface area contributed by atoms with E-state index in [4.69, 9.17) is 4.74 Å².